The molecule has 0 saturated carbocycles. The fourth-order valence-electron chi connectivity index (χ4n) is 3.11. The lowest BCUT2D eigenvalue weighted by molar-refractivity contribution is -0.384. The molecule has 0 aliphatic heterocycles. The molecule has 0 spiro atoms. The highest BCUT2D eigenvalue weighted by Crippen LogP contribution is 2.31. The van der Waals surface area contributed by atoms with Gasteiger partial charge < -0.3 is 24.8 Å². The fraction of sp³-hybridized carbons (Fsp3) is 0.208. The predicted octanol–water partition coefficient (Wildman–Crippen LogP) is 5.15. The number of nitro groups is 1. The van der Waals surface area contributed by atoms with Crippen molar-refractivity contribution in [1.82, 2.24) is 0 Å². The van der Waals surface area contributed by atoms with Gasteiger partial charge >= 0.3 is 0 Å². The van der Waals surface area contributed by atoms with Crippen LogP contribution in [0.1, 0.15) is 15.9 Å². The molecule has 0 atom stereocenters. The largest absolute Gasteiger partial charge is 0.493 e. The molecule has 178 valence electrons. The minimum absolute atomic E-state index is 0.132. The molecule has 1 amide bonds. The number of carbonyl (C=O) groups excluding carboxylic acids is 1. The lowest BCUT2D eigenvalue weighted by Crippen LogP contribution is -2.13. The van der Waals surface area contributed by atoms with Gasteiger partial charge in [0, 0.05) is 42.1 Å². The van der Waals surface area contributed by atoms with Gasteiger partial charge in [0.1, 0.15) is 12.3 Å². The van der Waals surface area contributed by atoms with Gasteiger partial charge in [0.25, 0.3) is 11.6 Å². The van der Waals surface area contributed by atoms with E-state index in [2.05, 4.69) is 10.6 Å². The zero-order valence-electron chi connectivity index (χ0n) is 18.7. The predicted molar refractivity (Wildman–Crippen MR) is 130 cm³/mol. The molecule has 0 aromatic heterocycles. The van der Waals surface area contributed by atoms with Crippen LogP contribution in [-0.4, -0.2) is 38.3 Å². The molecule has 2 N–H and O–H groups in total. The molecule has 9 nitrogen and oxygen atoms in total. The van der Waals surface area contributed by atoms with Crippen LogP contribution in [0.2, 0.25) is 5.02 Å². The second kappa shape index (κ2) is 11.9. The molecule has 3 rings (SSSR count). The molecule has 0 heterocycles. The summed E-state index contributed by atoms with van der Waals surface area (Å²) in [6.07, 6.45) is 0. The van der Waals surface area contributed by atoms with Crippen LogP contribution in [0.3, 0.4) is 0 Å². The molecule has 0 fully saturated rings. The summed E-state index contributed by atoms with van der Waals surface area (Å²) >= 11 is 6.15. The summed E-state index contributed by atoms with van der Waals surface area (Å²) in [5, 5.41) is 17.9. The van der Waals surface area contributed by atoms with Gasteiger partial charge in [-0.1, -0.05) is 29.8 Å². The third kappa shape index (κ3) is 6.37. The number of halogens is 1. The number of anilines is 2. The Morgan fingerprint density at radius 2 is 1.82 bits per heavy atom. The molecule has 0 saturated heterocycles. The molecular formula is C24H24ClN3O6. The number of carbonyl (C=O) groups is 1. The number of ether oxygens (including phenoxy) is 3. The van der Waals surface area contributed by atoms with E-state index in [1.807, 2.05) is 12.1 Å². The summed E-state index contributed by atoms with van der Waals surface area (Å²) in [5.41, 5.74) is 1.43. The molecule has 34 heavy (non-hydrogen) atoms. The number of nitro benzene ring substituents is 1. The van der Waals surface area contributed by atoms with E-state index in [1.54, 1.807) is 37.4 Å². The van der Waals surface area contributed by atoms with Crippen LogP contribution in [0, 0.1) is 10.1 Å². The average Bonchev–Trinajstić information content (AvgIpc) is 2.83. The van der Waals surface area contributed by atoms with E-state index in [0.717, 1.165) is 5.56 Å². The normalized spacial score (nSPS) is 10.4. The quantitative estimate of drug-likeness (QED) is 0.219. The van der Waals surface area contributed by atoms with Crippen molar-refractivity contribution in [1.29, 1.82) is 0 Å². The first-order valence-electron chi connectivity index (χ1n) is 10.3. The summed E-state index contributed by atoms with van der Waals surface area (Å²) in [4.78, 5) is 23.9. The van der Waals surface area contributed by atoms with Gasteiger partial charge in [0.2, 0.25) is 0 Å². The van der Waals surface area contributed by atoms with Crippen molar-refractivity contribution < 1.29 is 23.9 Å². The number of hydrogen-bond donors (Lipinski definition) is 2. The third-order valence-electron chi connectivity index (χ3n) is 4.85. The topological polar surface area (TPSA) is 112 Å². The molecule has 0 bridgehead atoms. The van der Waals surface area contributed by atoms with Crippen molar-refractivity contribution in [2.75, 3.05) is 38.1 Å². The molecule has 10 heteroatoms. The smallest absolute Gasteiger partial charge is 0.293 e. The second-order valence-corrected chi connectivity index (χ2v) is 7.50. The van der Waals surface area contributed by atoms with E-state index in [0.29, 0.717) is 42.0 Å². The summed E-state index contributed by atoms with van der Waals surface area (Å²) < 4.78 is 15.9. The highest BCUT2D eigenvalue weighted by Gasteiger charge is 2.18. The van der Waals surface area contributed by atoms with Gasteiger partial charge in [-0.3, -0.25) is 14.9 Å². The number of benzene rings is 3. The van der Waals surface area contributed by atoms with Crippen molar-refractivity contribution in [3.05, 3.63) is 86.9 Å². The number of rotatable bonds is 11. The van der Waals surface area contributed by atoms with E-state index in [1.165, 1.54) is 25.3 Å². The van der Waals surface area contributed by atoms with Crippen LogP contribution >= 0.6 is 11.6 Å². The second-order valence-electron chi connectivity index (χ2n) is 7.10. The lowest BCUT2D eigenvalue weighted by Gasteiger charge is -2.13. The molecule has 0 radical (unpaired) electrons. The number of methoxy groups -OCH3 is 2. The minimum Gasteiger partial charge on any atom is -0.493 e. The van der Waals surface area contributed by atoms with E-state index in [9.17, 15) is 14.9 Å². The van der Waals surface area contributed by atoms with E-state index < -0.39 is 10.8 Å². The van der Waals surface area contributed by atoms with Crippen molar-refractivity contribution in [3.8, 4) is 11.5 Å². The Morgan fingerprint density at radius 3 is 2.53 bits per heavy atom. The lowest BCUT2D eigenvalue weighted by atomic mass is 10.1. The zero-order valence-corrected chi connectivity index (χ0v) is 19.4. The van der Waals surface area contributed by atoms with Gasteiger partial charge in [-0.15, -0.1) is 0 Å². The Morgan fingerprint density at radius 1 is 1.03 bits per heavy atom. The van der Waals surface area contributed by atoms with Crippen LogP contribution in [0.4, 0.5) is 17.1 Å². The third-order valence-corrected chi connectivity index (χ3v) is 5.22. The van der Waals surface area contributed by atoms with E-state index in [-0.39, 0.29) is 16.9 Å². The Balaban J connectivity index is 1.76. The van der Waals surface area contributed by atoms with Crippen LogP contribution < -0.4 is 20.1 Å². The van der Waals surface area contributed by atoms with Crippen molar-refractivity contribution >= 4 is 34.6 Å². The SMILES string of the molecule is COCCOc1cc(NC(=O)c2ccc(NCc3ccccc3Cl)c([N+](=O)[O-])c2)ccc1OC. The Kier molecular flexibility index (Phi) is 8.66. The Labute approximate surface area is 201 Å². The molecule has 0 unspecified atom stereocenters. The zero-order chi connectivity index (χ0) is 24.5. The fourth-order valence-corrected chi connectivity index (χ4v) is 3.31. The molecule has 3 aromatic carbocycles. The number of nitrogens with zero attached hydrogens (tertiary/aromatic N) is 1. The van der Waals surface area contributed by atoms with Gasteiger partial charge in [-0.2, -0.15) is 0 Å². The first kappa shape index (κ1) is 24.8. The first-order chi connectivity index (χ1) is 16.4. The monoisotopic (exact) mass is 485 g/mol. The highest BCUT2D eigenvalue weighted by atomic mass is 35.5. The maximum absolute atomic E-state index is 12.8. The van der Waals surface area contributed by atoms with Crippen LogP contribution in [0.15, 0.2) is 60.7 Å². The Hall–Kier alpha value is -3.82. The van der Waals surface area contributed by atoms with Gasteiger partial charge in [-0.05, 0) is 35.9 Å². The van der Waals surface area contributed by atoms with Crippen LogP contribution in [-0.2, 0) is 11.3 Å². The molecular weight excluding hydrogens is 462 g/mol. The molecule has 3 aromatic rings. The van der Waals surface area contributed by atoms with Crippen molar-refractivity contribution in [3.63, 3.8) is 0 Å². The maximum Gasteiger partial charge on any atom is 0.293 e. The number of amides is 1. The molecule has 0 aliphatic rings. The van der Waals surface area contributed by atoms with E-state index in [4.69, 9.17) is 25.8 Å². The van der Waals surface area contributed by atoms with Crippen molar-refractivity contribution in [2.45, 2.75) is 6.54 Å². The maximum atomic E-state index is 12.8. The standard InChI is InChI=1S/C24H24ClN3O6/c1-32-11-12-34-23-14-18(8-10-22(23)33-2)27-24(29)16-7-9-20(21(13-16)28(30)31)26-15-17-5-3-4-6-19(17)25/h3-10,13-14,26H,11-12,15H2,1-2H3,(H,27,29). The van der Waals surface area contributed by atoms with Crippen LogP contribution in [0.25, 0.3) is 0 Å². The van der Waals surface area contributed by atoms with Gasteiger partial charge in [0.05, 0.1) is 18.6 Å². The molecule has 0 aliphatic carbocycles. The summed E-state index contributed by atoms with van der Waals surface area (Å²) in [7, 11) is 3.07. The summed E-state index contributed by atoms with van der Waals surface area (Å²) in [6, 6.07) is 16.4. The van der Waals surface area contributed by atoms with Gasteiger partial charge in [-0.25, -0.2) is 0 Å². The van der Waals surface area contributed by atoms with Crippen LogP contribution in [0.5, 0.6) is 11.5 Å². The number of nitrogens with one attached hydrogen (secondary N) is 2. The first-order valence-corrected chi connectivity index (χ1v) is 10.7. The van der Waals surface area contributed by atoms with E-state index >= 15 is 0 Å². The highest BCUT2D eigenvalue weighted by molar-refractivity contribution is 6.31. The average molecular weight is 486 g/mol. The number of hydrogen-bond acceptors (Lipinski definition) is 7. The summed E-state index contributed by atoms with van der Waals surface area (Å²) in [6.45, 7) is 0.989. The van der Waals surface area contributed by atoms with Crippen molar-refractivity contribution in [2.24, 2.45) is 0 Å². The Bertz CT molecular complexity index is 1170. The summed E-state index contributed by atoms with van der Waals surface area (Å²) in [5.74, 6) is 0.426. The van der Waals surface area contributed by atoms with Gasteiger partial charge in [0.15, 0.2) is 11.5 Å². The minimum atomic E-state index is -0.541.